The Morgan fingerprint density at radius 1 is 1.07 bits per heavy atom. The standard InChI is InChI=1S/C21H17N3O3/c25-19-13-27-18-12-15(9-10-16(18)23-19)21(26)24-20(14-6-2-1-3-7-14)17-8-4-5-11-22-17/h1-12,20H,13H2,(H,23,25)(H,24,26). The summed E-state index contributed by atoms with van der Waals surface area (Å²) < 4.78 is 5.40. The highest BCUT2D eigenvalue weighted by Gasteiger charge is 2.21. The van der Waals surface area contributed by atoms with Gasteiger partial charge in [-0.15, -0.1) is 0 Å². The largest absolute Gasteiger partial charge is 0.482 e. The van der Waals surface area contributed by atoms with Crippen LogP contribution in [0.1, 0.15) is 27.7 Å². The summed E-state index contributed by atoms with van der Waals surface area (Å²) in [5.74, 6) is 0.0214. The zero-order chi connectivity index (χ0) is 18.6. The number of pyridine rings is 1. The number of rotatable bonds is 4. The molecule has 6 heteroatoms. The molecule has 3 aromatic rings. The molecule has 2 heterocycles. The molecule has 1 aliphatic rings. The monoisotopic (exact) mass is 359 g/mol. The van der Waals surface area contributed by atoms with Gasteiger partial charge >= 0.3 is 0 Å². The van der Waals surface area contributed by atoms with Crippen LogP contribution in [-0.2, 0) is 4.79 Å². The molecular weight excluding hydrogens is 342 g/mol. The van der Waals surface area contributed by atoms with Crippen LogP contribution < -0.4 is 15.4 Å². The van der Waals surface area contributed by atoms with Crippen LogP contribution in [0.15, 0.2) is 72.9 Å². The Bertz CT molecular complexity index is 935. The Morgan fingerprint density at radius 2 is 1.89 bits per heavy atom. The number of aromatic nitrogens is 1. The average molecular weight is 359 g/mol. The highest BCUT2D eigenvalue weighted by molar-refractivity contribution is 5.99. The third-order valence-corrected chi connectivity index (χ3v) is 4.27. The second-order valence-corrected chi connectivity index (χ2v) is 6.12. The molecule has 0 bridgehead atoms. The van der Waals surface area contributed by atoms with Crippen molar-refractivity contribution >= 4 is 17.5 Å². The molecule has 0 saturated heterocycles. The molecule has 1 aliphatic heterocycles. The first-order chi connectivity index (χ1) is 13.2. The molecular formula is C21H17N3O3. The number of anilines is 1. The van der Waals surface area contributed by atoms with Gasteiger partial charge in [0.15, 0.2) is 6.61 Å². The van der Waals surface area contributed by atoms with E-state index >= 15 is 0 Å². The first-order valence-electron chi connectivity index (χ1n) is 8.54. The molecule has 1 atom stereocenters. The number of nitrogens with zero attached hydrogens (tertiary/aromatic N) is 1. The van der Waals surface area contributed by atoms with Gasteiger partial charge in [-0.3, -0.25) is 14.6 Å². The third kappa shape index (κ3) is 3.64. The maximum absolute atomic E-state index is 12.9. The van der Waals surface area contributed by atoms with Gasteiger partial charge in [-0.25, -0.2) is 0 Å². The third-order valence-electron chi connectivity index (χ3n) is 4.27. The zero-order valence-electron chi connectivity index (χ0n) is 14.4. The quantitative estimate of drug-likeness (QED) is 0.751. The first kappa shape index (κ1) is 16.8. The molecule has 6 nitrogen and oxygen atoms in total. The van der Waals surface area contributed by atoms with E-state index < -0.39 is 0 Å². The van der Waals surface area contributed by atoms with E-state index in [1.54, 1.807) is 24.4 Å². The Hall–Kier alpha value is -3.67. The first-order valence-corrected chi connectivity index (χ1v) is 8.54. The van der Waals surface area contributed by atoms with Crippen LogP contribution in [-0.4, -0.2) is 23.4 Å². The Morgan fingerprint density at radius 3 is 2.67 bits per heavy atom. The van der Waals surface area contributed by atoms with Crippen molar-refractivity contribution in [3.05, 3.63) is 89.7 Å². The molecule has 134 valence electrons. The summed E-state index contributed by atoms with van der Waals surface area (Å²) >= 11 is 0. The van der Waals surface area contributed by atoms with Gasteiger partial charge in [0, 0.05) is 11.8 Å². The molecule has 2 N–H and O–H groups in total. The van der Waals surface area contributed by atoms with Crippen LogP contribution in [0.2, 0.25) is 0 Å². The summed E-state index contributed by atoms with van der Waals surface area (Å²) in [6.07, 6.45) is 1.70. The van der Waals surface area contributed by atoms with E-state index in [2.05, 4.69) is 15.6 Å². The van der Waals surface area contributed by atoms with E-state index in [0.717, 1.165) is 11.3 Å². The van der Waals surface area contributed by atoms with E-state index in [9.17, 15) is 9.59 Å². The summed E-state index contributed by atoms with van der Waals surface area (Å²) in [4.78, 5) is 28.6. The maximum Gasteiger partial charge on any atom is 0.262 e. The number of ether oxygens (including phenoxy) is 1. The second kappa shape index (κ2) is 7.29. The smallest absolute Gasteiger partial charge is 0.262 e. The molecule has 27 heavy (non-hydrogen) atoms. The van der Waals surface area contributed by atoms with Crippen LogP contribution in [0.25, 0.3) is 0 Å². The van der Waals surface area contributed by atoms with E-state index in [-0.39, 0.29) is 24.5 Å². The van der Waals surface area contributed by atoms with Gasteiger partial charge in [-0.1, -0.05) is 36.4 Å². The lowest BCUT2D eigenvalue weighted by Crippen LogP contribution is -2.30. The van der Waals surface area contributed by atoms with Gasteiger partial charge in [0.1, 0.15) is 5.75 Å². The number of amides is 2. The highest BCUT2D eigenvalue weighted by atomic mass is 16.5. The average Bonchev–Trinajstić information content (AvgIpc) is 2.72. The van der Waals surface area contributed by atoms with Gasteiger partial charge in [-0.05, 0) is 35.9 Å². The van der Waals surface area contributed by atoms with Crippen molar-refractivity contribution < 1.29 is 14.3 Å². The van der Waals surface area contributed by atoms with E-state index in [1.165, 1.54) is 0 Å². The molecule has 1 aromatic heterocycles. The summed E-state index contributed by atoms with van der Waals surface area (Å²) in [6, 6.07) is 19.8. The Balaban J connectivity index is 1.62. The van der Waals surface area contributed by atoms with Gasteiger partial charge in [-0.2, -0.15) is 0 Å². The van der Waals surface area contributed by atoms with Crippen LogP contribution in [0.3, 0.4) is 0 Å². The minimum Gasteiger partial charge on any atom is -0.482 e. The lowest BCUT2D eigenvalue weighted by molar-refractivity contribution is -0.118. The number of fused-ring (bicyclic) bond motifs is 1. The van der Waals surface area contributed by atoms with Crippen LogP contribution in [0.4, 0.5) is 5.69 Å². The van der Waals surface area contributed by atoms with Crippen molar-refractivity contribution in [1.82, 2.24) is 10.3 Å². The molecule has 0 fully saturated rings. The summed E-state index contributed by atoms with van der Waals surface area (Å²) in [6.45, 7) is -0.0569. The molecule has 0 saturated carbocycles. The van der Waals surface area contributed by atoms with Crippen molar-refractivity contribution in [2.45, 2.75) is 6.04 Å². The number of hydrogen-bond donors (Lipinski definition) is 2. The van der Waals surface area contributed by atoms with Crippen molar-refractivity contribution in [2.24, 2.45) is 0 Å². The fourth-order valence-corrected chi connectivity index (χ4v) is 2.95. The number of carbonyl (C=O) groups excluding carboxylic acids is 2. The molecule has 0 spiro atoms. The lowest BCUT2D eigenvalue weighted by atomic mass is 10.0. The van der Waals surface area contributed by atoms with E-state index in [4.69, 9.17) is 4.74 Å². The number of carbonyl (C=O) groups is 2. The van der Waals surface area contributed by atoms with Gasteiger partial charge in [0.25, 0.3) is 11.8 Å². The van der Waals surface area contributed by atoms with Crippen molar-refractivity contribution in [1.29, 1.82) is 0 Å². The maximum atomic E-state index is 12.9. The van der Waals surface area contributed by atoms with E-state index in [1.807, 2.05) is 48.5 Å². The van der Waals surface area contributed by atoms with Crippen LogP contribution in [0, 0.1) is 0 Å². The number of hydrogen-bond acceptors (Lipinski definition) is 4. The predicted octanol–water partition coefficient (Wildman–Crippen LogP) is 2.93. The van der Waals surface area contributed by atoms with Crippen molar-refractivity contribution in [3.8, 4) is 5.75 Å². The number of benzene rings is 2. The zero-order valence-corrected chi connectivity index (χ0v) is 14.4. The summed E-state index contributed by atoms with van der Waals surface area (Å²) in [5, 5.41) is 5.75. The number of nitrogens with one attached hydrogen (secondary N) is 2. The topological polar surface area (TPSA) is 80.3 Å². The fourth-order valence-electron chi connectivity index (χ4n) is 2.95. The minimum atomic E-state index is -0.378. The summed E-state index contributed by atoms with van der Waals surface area (Å²) in [7, 11) is 0. The van der Waals surface area contributed by atoms with Crippen molar-refractivity contribution in [2.75, 3.05) is 11.9 Å². The van der Waals surface area contributed by atoms with Gasteiger partial charge in [0.2, 0.25) is 0 Å². The SMILES string of the molecule is O=C1COc2cc(C(=O)NC(c3ccccc3)c3ccccn3)ccc2N1. The molecule has 2 aromatic carbocycles. The van der Waals surface area contributed by atoms with Gasteiger partial charge < -0.3 is 15.4 Å². The summed E-state index contributed by atoms with van der Waals surface area (Å²) in [5.41, 5.74) is 2.69. The van der Waals surface area contributed by atoms with Crippen LogP contribution in [0.5, 0.6) is 5.75 Å². The minimum absolute atomic E-state index is 0.0569. The van der Waals surface area contributed by atoms with E-state index in [0.29, 0.717) is 17.0 Å². The molecule has 0 radical (unpaired) electrons. The predicted molar refractivity (Wildman–Crippen MR) is 101 cm³/mol. The molecule has 1 unspecified atom stereocenters. The van der Waals surface area contributed by atoms with Crippen LogP contribution >= 0.6 is 0 Å². The molecule has 2 amide bonds. The van der Waals surface area contributed by atoms with Gasteiger partial charge in [0.05, 0.1) is 17.4 Å². The molecule has 4 rings (SSSR count). The fraction of sp³-hybridized carbons (Fsp3) is 0.0952. The normalized spacial score (nSPS) is 13.7. The molecule has 0 aliphatic carbocycles. The Kier molecular flexibility index (Phi) is 4.53. The highest BCUT2D eigenvalue weighted by Crippen LogP contribution is 2.29. The second-order valence-electron chi connectivity index (χ2n) is 6.12. The lowest BCUT2D eigenvalue weighted by Gasteiger charge is -2.21. The van der Waals surface area contributed by atoms with Crippen molar-refractivity contribution in [3.63, 3.8) is 0 Å². The Labute approximate surface area is 156 Å².